The molecule has 0 aliphatic carbocycles. The molecule has 1 aliphatic heterocycles. The van der Waals surface area contributed by atoms with Gasteiger partial charge in [-0.25, -0.2) is 4.98 Å². The number of amides is 3. The average Bonchev–Trinajstić information content (AvgIpc) is 3.16. The van der Waals surface area contributed by atoms with E-state index in [1.54, 1.807) is 18.5 Å². The van der Waals surface area contributed by atoms with Gasteiger partial charge < -0.3 is 15.1 Å². The molecule has 4 rings (SSSR count). The number of aromatic nitrogens is 2. The molecule has 8 nitrogen and oxygen atoms in total. The summed E-state index contributed by atoms with van der Waals surface area (Å²) >= 11 is 0. The molecule has 1 N–H and O–H groups in total. The lowest BCUT2D eigenvalue weighted by molar-refractivity contribution is -0.156. The van der Waals surface area contributed by atoms with Gasteiger partial charge in [0.1, 0.15) is 12.9 Å². The number of fused-ring (bicyclic) bond motifs is 1. The molecule has 0 radical (unpaired) electrons. The van der Waals surface area contributed by atoms with Crippen molar-refractivity contribution < 1.29 is 14.4 Å². The molecule has 0 bridgehead atoms. The summed E-state index contributed by atoms with van der Waals surface area (Å²) < 4.78 is 1.97. The van der Waals surface area contributed by atoms with Gasteiger partial charge in [-0.15, -0.1) is 0 Å². The number of imidazole rings is 1. The molecule has 1 aliphatic rings. The SMILES string of the molecule is CCN1CCN(CC(=O)Nc2ccc(-n3cnc4ccccc43)cc2)C(=O)C1=O. The summed E-state index contributed by atoms with van der Waals surface area (Å²) in [5, 5.41) is 2.78. The lowest BCUT2D eigenvalue weighted by Gasteiger charge is -2.32. The summed E-state index contributed by atoms with van der Waals surface area (Å²) in [6.07, 6.45) is 1.76. The Morgan fingerprint density at radius 1 is 1.00 bits per heavy atom. The molecule has 0 unspecified atom stereocenters. The van der Waals surface area contributed by atoms with Crippen molar-refractivity contribution in [1.29, 1.82) is 0 Å². The third-order valence-electron chi connectivity index (χ3n) is 5.00. The number of para-hydroxylation sites is 2. The van der Waals surface area contributed by atoms with Gasteiger partial charge in [0.05, 0.1) is 11.0 Å². The van der Waals surface area contributed by atoms with Crippen LogP contribution in [0.5, 0.6) is 0 Å². The third kappa shape index (κ3) is 3.69. The smallest absolute Gasteiger partial charge is 0.312 e. The van der Waals surface area contributed by atoms with Gasteiger partial charge in [-0.1, -0.05) is 12.1 Å². The number of hydrogen-bond donors (Lipinski definition) is 1. The van der Waals surface area contributed by atoms with E-state index in [9.17, 15) is 14.4 Å². The van der Waals surface area contributed by atoms with Gasteiger partial charge in [0.15, 0.2) is 0 Å². The Balaban J connectivity index is 1.41. The molecule has 8 heteroatoms. The monoisotopic (exact) mass is 391 g/mol. The molecule has 1 saturated heterocycles. The zero-order valence-electron chi connectivity index (χ0n) is 16.0. The fourth-order valence-corrected chi connectivity index (χ4v) is 3.41. The van der Waals surface area contributed by atoms with Gasteiger partial charge in [0.25, 0.3) is 0 Å². The Bertz CT molecular complexity index is 1070. The van der Waals surface area contributed by atoms with Gasteiger partial charge in [0, 0.05) is 31.0 Å². The van der Waals surface area contributed by atoms with Crippen LogP contribution in [-0.2, 0) is 14.4 Å². The van der Waals surface area contributed by atoms with Crippen LogP contribution in [0.3, 0.4) is 0 Å². The van der Waals surface area contributed by atoms with Crippen LogP contribution in [0, 0.1) is 0 Å². The quantitative estimate of drug-likeness (QED) is 0.670. The first-order valence-electron chi connectivity index (χ1n) is 9.47. The second kappa shape index (κ2) is 7.75. The van der Waals surface area contributed by atoms with Crippen molar-refractivity contribution in [1.82, 2.24) is 19.4 Å². The van der Waals surface area contributed by atoms with E-state index < -0.39 is 11.8 Å². The fraction of sp³-hybridized carbons (Fsp3) is 0.238. The number of benzene rings is 2. The third-order valence-corrected chi connectivity index (χ3v) is 5.00. The van der Waals surface area contributed by atoms with E-state index in [1.807, 2.05) is 47.9 Å². The maximum absolute atomic E-state index is 12.3. The normalized spacial score (nSPS) is 14.5. The zero-order valence-corrected chi connectivity index (χ0v) is 16.0. The summed E-state index contributed by atoms with van der Waals surface area (Å²) in [5.74, 6) is -1.52. The summed E-state index contributed by atoms with van der Waals surface area (Å²) in [7, 11) is 0. The van der Waals surface area contributed by atoms with Crippen LogP contribution < -0.4 is 5.32 Å². The van der Waals surface area contributed by atoms with Gasteiger partial charge in [-0.05, 0) is 43.3 Å². The molecule has 0 spiro atoms. The molecule has 29 heavy (non-hydrogen) atoms. The van der Waals surface area contributed by atoms with E-state index in [0.29, 0.717) is 25.3 Å². The summed E-state index contributed by atoms with van der Waals surface area (Å²) in [6, 6.07) is 15.2. The molecule has 2 aromatic carbocycles. The van der Waals surface area contributed by atoms with Crippen LogP contribution >= 0.6 is 0 Å². The van der Waals surface area contributed by atoms with Crippen molar-refractivity contribution in [3.63, 3.8) is 0 Å². The highest BCUT2D eigenvalue weighted by atomic mass is 16.2. The van der Waals surface area contributed by atoms with E-state index in [-0.39, 0.29) is 12.5 Å². The predicted molar refractivity (Wildman–Crippen MR) is 109 cm³/mol. The number of nitrogens with one attached hydrogen (secondary N) is 1. The van der Waals surface area contributed by atoms with Crippen molar-refractivity contribution >= 4 is 34.4 Å². The highest BCUT2D eigenvalue weighted by Gasteiger charge is 2.32. The summed E-state index contributed by atoms with van der Waals surface area (Å²) in [6.45, 7) is 2.98. The minimum atomic E-state index is -0.629. The molecule has 1 aromatic heterocycles. The summed E-state index contributed by atoms with van der Waals surface area (Å²) in [4.78, 5) is 43.5. The van der Waals surface area contributed by atoms with Crippen LogP contribution in [0.2, 0.25) is 0 Å². The second-order valence-electron chi connectivity index (χ2n) is 6.81. The largest absolute Gasteiger partial charge is 0.333 e. The number of anilines is 1. The van der Waals surface area contributed by atoms with Crippen molar-refractivity contribution in [3.8, 4) is 5.69 Å². The lowest BCUT2D eigenvalue weighted by atomic mass is 10.2. The van der Waals surface area contributed by atoms with Crippen LogP contribution in [-0.4, -0.2) is 63.3 Å². The Morgan fingerprint density at radius 2 is 1.69 bits per heavy atom. The van der Waals surface area contributed by atoms with Crippen LogP contribution in [0.1, 0.15) is 6.92 Å². The van der Waals surface area contributed by atoms with Crippen LogP contribution in [0.25, 0.3) is 16.7 Å². The Kier molecular flexibility index (Phi) is 4.99. The molecule has 148 valence electrons. The number of nitrogens with zero attached hydrogens (tertiary/aromatic N) is 4. The zero-order chi connectivity index (χ0) is 20.4. The van der Waals surface area contributed by atoms with Crippen molar-refractivity contribution in [3.05, 3.63) is 54.9 Å². The molecule has 1 fully saturated rings. The molecular formula is C21H21N5O3. The molecule has 3 amide bonds. The van der Waals surface area contributed by atoms with Crippen LogP contribution in [0.4, 0.5) is 5.69 Å². The molecular weight excluding hydrogens is 370 g/mol. The minimum Gasteiger partial charge on any atom is -0.333 e. The van der Waals surface area contributed by atoms with E-state index in [1.165, 1.54) is 9.80 Å². The fourth-order valence-electron chi connectivity index (χ4n) is 3.41. The molecule has 0 atom stereocenters. The topological polar surface area (TPSA) is 87.5 Å². The number of hydrogen-bond acceptors (Lipinski definition) is 4. The molecule has 2 heterocycles. The number of piperazine rings is 1. The predicted octanol–water partition coefficient (Wildman–Crippen LogP) is 1.65. The van der Waals surface area contributed by atoms with Gasteiger partial charge in [-0.2, -0.15) is 0 Å². The lowest BCUT2D eigenvalue weighted by Crippen LogP contribution is -2.55. The maximum Gasteiger partial charge on any atom is 0.312 e. The minimum absolute atomic E-state index is 0.143. The van der Waals surface area contributed by atoms with Gasteiger partial charge in [-0.3, -0.25) is 19.0 Å². The number of carbonyl (C=O) groups is 3. The Morgan fingerprint density at radius 3 is 2.45 bits per heavy atom. The van der Waals surface area contributed by atoms with Crippen molar-refractivity contribution in [2.24, 2.45) is 0 Å². The summed E-state index contributed by atoms with van der Waals surface area (Å²) in [5.41, 5.74) is 3.45. The standard InChI is InChI=1S/C21H21N5O3/c1-2-24-11-12-25(21(29)20(24)28)13-19(27)23-15-7-9-16(10-8-15)26-14-22-17-5-3-4-6-18(17)26/h3-10,14H,2,11-13H2,1H3,(H,23,27). The molecule has 3 aromatic rings. The van der Waals surface area contributed by atoms with Gasteiger partial charge >= 0.3 is 11.8 Å². The molecule has 0 saturated carbocycles. The highest BCUT2D eigenvalue weighted by molar-refractivity contribution is 6.35. The first kappa shape index (κ1) is 18.7. The van der Waals surface area contributed by atoms with E-state index >= 15 is 0 Å². The Hall–Kier alpha value is -3.68. The van der Waals surface area contributed by atoms with Gasteiger partial charge in [0.2, 0.25) is 5.91 Å². The maximum atomic E-state index is 12.3. The Labute approximate surface area is 167 Å². The highest BCUT2D eigenvalue weighted by Crippen LogP contribution is 2.19. The second-order valence-corrected chi connectivity index (χ2v) is 6.81. The van der Waals surface area contributed by atoms with E-state index in [2.05, 4.69) is 10.3 Å². The number of carbonyl (C=O) groups excluding carboxylic acids is 3. The van der Waals surface area contributed by atoms with E-state index in [0.717, 1.165) is 16.7 Å². The number of rotatable bonds is 5. The van der Waals surface area contributed by atoms with Crippen LogP contribution in [0.15, 0.2) is 54.9 Å². The average molecular weight is 391 g/mol. The van der Waals surface area contributed by atoms with Crippen molar-refractivity contribution in [2.75, 3.05) is 31.5 Å². The first-order valence-corrected chi connectivity index (χ1v) is 9.47. The number of likely N-dealkylation sites (N-methyl/N-ethyl adjacent to an activating group) is 1. The van der Waals surface area contributed by atoms with E-state index in [4.69, 9.17) is 0 Å². The first-order chi connectivity index (χ1) is 14.1. The van der Waals surface area contributed by atoms with Crippen molar-refractivity contribution in [2.45, 2.75) is 6.92 Å².